The Morgan fingerprint density at radius 2 is 0.759 bits per heavy atom. The molecule has 3 aliphatic heterocycles. The summed E-state index contributed by atoms with van der Waals surface area (Å²) >= 11 is 0. The van der Waals surface area contributed by atoms with Gasteiger partial charge in [0.1, 0.15) is 13.1 Å². The van der Waals surface area contributed by atoms with Gasteiger partial charge in [-0.1, -0.05) is 19.3 Å². The molecule has 58 heavy (non-hydrogen) atoms. The molecule has 0 bridgehead atoms. The zero-order valence-corrected chi connectivity index (χ0v) is 32.4. The number of nitrogens with one attached hydrogen (secondary N) is 3. The molecule has 0 aromatic carbocycles. The molecule has 9 amide bonds. The second-order valence-electron chi connectivity index (χ2n) is 13.7. The minimum absolute atomic E-state index is 0.000630. The maximum atomic E-state index is 13.1. The molecule has 0 spiro atoms. The molecule has 0 aromatic heterocycles. The Balaban J connectivity index is 1.34. The summed E-state index contributed by atoms with van der Waals surface area (Å²) in [5.74, 6) is -7.14. The number of imide groups is 3. The molecule has 0 aliphatic carbocycles. The molecule has 3 saturated heterocycles. The van der Waals surface area contributed by atoms with Crippen molar-refractivity contribution in [3.63, 3.8) is 0 Å². The lowest BCUT2D eigenvalue weighted by molar-refractivity contribution is -0.197. The van der Waals surface area contributed by atoms with E-state index in [1.54, 1.807) is 0 Å². The molecule has 0 saturated carbocycles. The van der Waals surface area contributed by atoms with Gasteiger partial charge in [0.25, 0.3) is 35.4 Å². The molecule has 3 heterocycles. The molecular formula is C36H51N7O15. The van der Waals surface area contributed by atoms with Crippen LogP contribution in [-0.2, 0) is 72.0 Å². The summed E-state index contributed by atoms with van der Waals surface area (Å²) in [6.07, 6.45) is 4.08. The number of unbranched alkanes of at least 4 members (excludes halogenated alkanes) is 6. The van der Waals surface area contributed by atoms with Gasteiger partial charge < -0.3 is 35.4 Å². The van der Waals surface area contributed by atoms with Gasteiger partial charge in [0.05, 0.1) is 6.54 Å². The summed E-state index contributed by atoms with van der Waals surface area (Å²) in [4.78, 5) is 160. The second kappa shape index (κ2) is 24.8. The number of hydrogen-bond acceptors (Lipinski definition) is 16. The third-order valence-electron chi connectivity index (χ3n) is 8.89. The quantitative estimate of drug-likeness (QED) is 0.0671. The first-order chi connectivity index (χ1) is 27.7. The summed E-state index contributed by atoms with van der Waals surface area (Å²) in [6, 6.07) is 0. The van der Waals surface area contributed by atoms with Gasteiger partial charge in [-0.05, 0) is 45.1 Å². The Labute approximate surface area is 333 Å². The number of nitrogens with zero attached hydrogens (tertiary/aromatic N) is 4. The average molecular weight is 822 g/mol. The molecule has 3 rings (SSSR count). The van der Waals surface area contributed by atoms with E-state index >= 15 is 0 Å². The normalized spacial score (nSPS) is 15.3. The van der Waals surface area contributed by atoms with Gasteiger partial charge >= 0.3 is 17.9 Å². The molecule has 3 fully saturated rings. The number of hydrogen-bond donors (Lipinski definition) is 3. The van der Waals surface area contributed by atoms with Crippen LogP contribution in [0.2, 0.25) is 0 Å². The standard InChI is InChI=1S/C36H51N7O15/c44-25(38-20-8-2-5-11-35(54)57-42-29(48)15-16-30(42)49)23-40(24-26(45)39-21-9-3-6-12-36(55)58-43-31(50)17-18-32(43)51)33(52)22-37-19-7-1-4-10-34(53)56-41-27(46)13-14-28(41)47/h37H,1-24H2,(H,38,44)(H,39,45). The van der Waals surface area contributed by atoms with E-state index in [0.717, 1.165) is 4.90 Å². The summed E-state index contributed by atoms with van der Waals surface area (Å²) in [6.45, 7) is -0.262. The fraction of sp³-hybridized carbons (Fsp3) is 0.667. The van der Waals surface area contributed by atoms with E-state index in [1.807, 2.05) is 0 Å². The maximum absolute atomic E-state index is 13.1. The van der Waals surface area contributed by atoms with Crippen molar-refractivity contribution in [3.8, 4) is 0 Å². The van der Waals surface area contributed by atoms with E-state index in [1.165, 1.54) is 0 Å². The zero-order chi connectivity index (χ0) is 42.5. The summed E-state index contributed by atoms with van der Waals surface area (Å²) < 4.78 is 0. The molecule has 22 heteroatoms. The van der Waals surface area contributed by atoms with Gasteiger partial charge in [0.15, 0.2) is 0 Å². The highest BCUT2D eigenvalue weighted by atomic mass is 16.7. The van der Waals surface area contributed by atoms with Gasteiger partial charge in [-0.15, -0.1) is 15.2 Å². The van der Waals surface area contributed by atoms with Crippen LogP contribution in [0.15, 0.2) is 0 Å². The van der Waals surface area contributed by atoms with E-state index in [9.17, 15) is 57.5 Å². The van der Waals surface area contributed by atoms with E-state index in [4.69, 9.17) is 14.5 Å². The lowest BCUT2D eigenvalue weighted by Gasteiger charge is -2.22. The molecule has 22 nitrogen and oxygen atoms in total. The number of carbonyl (C=O) groups is 12. The van der Waals surface area contributed by atoms with Gasteiger partial charge in [-0.2, -0.15) is 0 Å². The minimum Gasteiger partial charge on any atom is -0.355 e. The van der Waals surface area contributed by atoms with Crippen molar-refractivity contribution in [1.29, 1.82) is 0 Å². The minimum atomic E-state index is -0.723. The van der Waals surface area contributed by atoms with Crippen molar-refractivity contribution in [2.45, 2.75) is 116 Å². The van der Waals surface area contributed by atoms with Crippen LogP contribution in [0.3, 0.4) is 0 Å². The largest absolute Gasteiger partial charge is 0.355 e. The van der Waals surface area contributed by atoms with E-state index in [2.05, 4.69) is 16.0 Å². The summed E-state index contributed by atoms with van der Waals surface area (Å²) in [5, 5.41) is 9.75. The van der Waals surface area contributed by atoms with Crippen LogP contribution in [0.1, 0.15) is 116 Å². The Morgan fingerprint density at radius 1 is 0.448 bits per heavy atom. The molecule has 0 aromatic rings. The fourth-order valence-electron chi connectivity index (χ4n) is 5.71. The average Bonchev–Trinajstić information content (AvgIpc) is 3.79. The smallest absolute Gasteiger partial charge is 0.333 e. The van der Waals surface area contributed by atoms with Crippen molar-refractivity contribution in [1.82, 2.24) is 36.0 Å². The van der Waals surface area contributed by atoms with Crippen LogP contribution in [0.25, 0.3) is 0 Å². The third kappa shape index (κ3) is 16.7. The van der Waals surface area contributed by atoms with Gasteiger partial charge in [-0.25, -0.2) is 14.4 Å². The highest BCUT2D eigenvalue weighted by Crippen LogP contribution is 2.16. The SMILES string of the molecule is O=C(CN(CC(=O)NCCCCCC(=O)ON1C(=O)CCC1=O)C(=O)CNCCCCCC(=O)ON1C(=O)CCC1=O)NCCCCCC(=O)ON1C(=O)CCC1=O. The zero-order valence-electron chi connectivity index (χ0n) is 32.4. The van der Waals surface area contributed by atoms with Crippen LogP contribution < -0.4 is 16.0 Å². The highest BCUT2D eigenvalue weighted by Gasteiger charge is 2.34. The number of carbonyl (C=O) groups excluding carboxylic acids is 12. The summed E-state index contributed by atoms with van der Waals surface area (Å²) in [7, 11) is 0. The number of amides is 9. The first kappa shape index (κ1) is 46.6. The highest BCUT2D eigenvalue weighted by molar-refractivity contribution is 6.03. The van der Waals surface area contributed by atoms with Crippen molar-refractivity contribution in [2.75, 3.05) is 39.3 Å². The Morgan fingerprint density at radius 3 is 1.09 bits per heavy atom. The monoisotopic (exact) mass is 821 g/mol. The van der Waals surface area contributed by atoms with Crippen LogP contribution in [-0.4, -0.2) is 130 Å². The number of rotatable bonds is 27. The molecule has 3 N–H and O–H groups in total. The molecular weight excluding hydrogens is 770 g/mol. The van der Waals surface area contributed by atoms with Crippen molar-refractivity contribution < 1.29 is 72.0 Å². The predicted octanol–water partition coefficient (Wildman–Crippen LogP) is -0.860. The first-order valence-corrected chi connectivity index (χ1v) is 19.5. The molecule has 320 valence electrons. The van der Waals surface area contributed by atoms with Crippen LogP contribution in [0.4, 0.5) is 0 Å². The summed E-state index contributed by atoms with van der Waals surface area (Å²) in [5.41, 5.74) is 0. The molecule has 0 atom stereocenters. The van der Waals surface area contributed by atoms with Gasteiger partial charge in [0, 0.05) is 70.9 Å². The maximum Gasteiger partial charge on any atom is 0.333 e. The lowest BCUT2D eigenvalue weighted by Crippen LogP contribution is -2.48. The van der Waals surface area contributed by atoms with E-state index < -0.39 is 84.2 Å². The van der Waals surface area contributed by atoms with Crippen molar-refractivity contribution in [3.05, 3.63) is 0 Å². The van der Waals surface area contributed by atoms with Crippen LogP contribution in [0, 0.1) is 0 Å². The van der Waals surface area contributed by atoms with Crippen LogP contribution in [0.5, 0.6) is 0 Å². The molecule has 3 aliphatic rings. The van der Waals surface area contributed by atoms with Gasteiger partial charge in [-0.3, -0.25) is 43.2 Å². The lowest BCUT2D eigenvalue weighted by atomic mass is 10.2. The van der Waals surface area contributed by atoms with Crippen LogP contribution >= 0.6 is 0 Å². The Kier molecular flexibility index (Phi) is 19.9. The van der Waals surface area contributed by atoms with E-state index in [-0.39, 0.29) is 77.4 Å². The van der Waals surface area contributed by atoms with Crippen molar-refractivity contribution >= 4 is 71.1 Å². The predicted molar refractivity (Wildman–Crippen MR) is 192 cm³/mol. The second-order valence-corrected chi connectivity index (χ2v) is 13.7. The molecule has 0 unspecified atom stereocenters. The Hall–Kier alpha value is -5.80. The Bertz CT molecular complexity index is 1460. The van der Waals surface area contributed by atoms with Crippen molar-refractivity contribution in [2.24, 2.45) is 0 Å². The fourth-order valence-corrected chi connectivity index (χ4v) is 5.71. The van der Waals surface area contributed by atoms with E-state index in [0.29, 0.717) is 79.5 Å². The topological polar surface area (TPSA) is 282 Å². The van der Waals surface area contributed by atoms with Gasteiger partial charge in [0.2, 0.25) is 17.7 Å². The third-order valence-corrected chi connectivity index (χ3v) is 8.89. The molecule has 0 radical (unpaired) electrons. The first-order valence-electron chi connectivity index (χ1n) is 19.5. The number of hydroxylamine groups is 6.